The molecule has 3 amide bonds. The maximum Gasteiger partial charge on any atom is 0.313 e. The van der Waals surface area contributed by atoms with Crippen LogP contribution in [0.5, 0.6) is 0 Å². The van der Waals surface area contributed by atoms with Crippen LogP contribution in [0.3, 0.4) is 0 Å². The summed E-state index contributed by atoms with van der Waals surface area (Å²) in [5.41, 5.74) is 1.06. The zero-order valence-corrected chi connectivity index (χ0v) is 30.9. The number of hydrogen-bond donors (Lipinski definition) is 2. The number of ether oxygens (including phenoxy) is 2. The number of fused-ring (bicyclic) bond motifs is 1. The van der Waals surface area contributed by atoms with Crippen molar-refractivity contribution in [2.24, 2.45) is 17.8 Å². The third-order valence-corrected chi connectivity index (χ3v) is 10.9. The van der Waals surface area contributed by atoms with Crippen LogP contribution in [0.4, 0.5) is 11.4 Å². The lowest BCUT2D eigenvalue weighted by atomic mass is 9.70. The number of anilines is 2. The summed E-state index contributed by atoms with van der Waals surface area (Å²) in [7, 11) is 0. The van der Waals surface area contributed by atoms with Gasteiger partial charge in [-0.05, 0) is 68.9 Å². The molecule has 0 saturated carbocycles. The van der Waals surface area contributed by atoms with E-state index in [1.54, 1.807) is 17.1 Å². The molecule has 7 atom stereocenters. The Labute approximate surface area is 307 Å². The van der Waals surface area contributed by atoms with Crippen LogP contribution in [0.25, 0.3) is 0 Å². The van der Waals surface area contributed by atoms with Gasteiger partial charge in [-0.2, -0.15) is 0 Å². The lowest BCUT2D eigenvalue weighted by Gasteiger charge is -2.40. The van der Waals surface area contributed by atoms with Crippen molar-refractivity contribution in [3.63, 3.8) is 0 Å². The van der Waals surface area contributed by atoms with Crippen LogP contribution in [0.15, 0.2) is 79.9 Å². The molecule has 2 N–H and O–H groups in total. The average Bonchev–Trinajstić information content (AvgIpc) is 3.80. The van der Waals surface area contributed by atoms with E-state index in [0.717, 1.165) is 18.8 Å². The molecule has 3 saturated heterocycles. The molecule has 11 nitrogen and oxygen atoms in total. The van der Waals surface area contributed by atoms with Gasteiger partial charge in [0.25, 0.3) is 5.91 Å². The van der Waals surface area contributed by atoms with Gasteiger partial charge in [0.1, 0.15) is 17.7 Å². The Balaban J connectivity index is 1.49. The lowest BCUT2D eigenvalue weighted by molar-refractivity contribution is -0.161. The van der Waals surface area contributed by atoms with Crippen molar-refractivity contribution in [1.82, 2.24) is 10.2 Å². The van der Waals surface area contributed by atoms with Crippen molar-refractivity contribution in [3.05, 3.63) is 85.5 Å². The summed E-state index contributed by atoms with van der Waals surface area (Å²) in [6.07, 6.45) is 3.49. The molecule has 2 aromatic rings. The summed E-state index contributed by atoms with van der Waals surface area (Å²) >= 11 is 0. The molecule has 3 aliphatic rings. The number of nitrogens with zero attached hydrogens (tertiary/aromatic N) is 3. The monoisotopic (exact) mass is 714 g/mol. The van der Waals surface area contributed by atoms with Crippen molar-refractivity contribution >= 4 is 35.1 Å². The molecule has 3 heterocycles. The molecule has 1 spiro atoms. The lowest BCUT2D eigenvalue weighted by Crippen LogP contribution is -2.59. The van der Waals surface area contributed by atoms with Crippen LogP contribution in [0, 0.1) is 17.8 Å². The van der Waals surface area contributed by atoms with Crippen LogP contribution in [0.2, 0.25) is 0 Å². The first-order chi connectivity index (χ1) is 25.1. The van der Waals surface area contributed by atoms with E-state index in [-0.39, 0.29) is 43.8 Å². The summed E-state index contributed by atoms with van der Waals surface area (Å²) in [6, 6.07) is 15.1. The van der Waals surface area contributed by atoms with Crippen LogP contribution < -0.4 is 15.1 Å². The minimum absolute atomic E-state index is 0.0461. The Morgan fingerprint density at radius 3 is 2.33 bits per heavy atom. The van der Waals surface area contributed by atoms with Crippen molar-refractivity contribution in [2.75, 3.05) is 42.6 Å². The maximum atomic E-state index is 15.0. The van der Waals surface area contributed by atoms with Crippen molar-refractivity contribution in [1.29, 1.82) is 0 Å². The van der Waals surface area contributed by atoms with Gasteiger partial charge in [-0.15, -0.1) is 13.2 Å². The third kappa shape index (κ3) is 7.39. The number of aliphatic hydroxyl groups excluding tert-OH is 1. The van der Waals surface area contributed by atoms with Gasteiger partial charge in [0.2, 0.25) is 11.8 Å². The SMILES string of the molecule is C=CCCC(=O)NC[C@@H](OC(=O)[C@@H]1[C@H]2C(=O)N([C@@H](CO)C(C)C)[C@H](C(=O)N(CC=C)c3ccc(N(CC)CC)cc3)[C@]23CC[C@H]1O3)c1ccccc1. The van der Waals surface area contributed by atoms with Gasteiger partial charge in [0.05, 0.1) is 37.1 Å². The van der Waals surface area contributed by atoms with Gasteiger partial charge in [0, 0.05) is 37.4 Å². The first kappa shape index (κ1) is 38.7. The normalized spacial score (nSPS) is 24.3. The van der Waals surface area contributed by atoms with E-state index in [1.165, 1.54) is 4.90 Å². The Morgan fingerprint density at radius 2 is 1.73 bits per heavy atom. The van der Waals surface area contributed by atoms with E-state index in [1.807, 2.05) is 68.4 Å². The average molecular weight is 715 g/mol. The second-order valence-corrected chi connectivity index (χ2v) is 14.2. The van der Waals surface area contributed by atoms with E-state index < -0.39 is 53.6 Å². The van der Waals surface area contributed by atoms with Gasteiger partial charge in [-0.1, -0.05) is 56.3 Å². The van der Waals surface area contributed by atoms with E-state index in [9.17, 15) is 19.5 Å². The van der Waals surface area contributed by atoms with Crippen LogP contribution in [-0.4, -0.2) is 90.3 Å². The van der Waals surface area contributed by atoms with Crippen LogP contribution >= 0.6 is 0 Å². The smallest absolute Gasteiger partial charge is 0.313 e. The largest absolute Gasteiger partial charge is 0.455 e. The summed E-state index contributed by atoms with van der Waals surface area (Å²) in [5, 5.41) is 13.5. The number of benzene rings is 2. The minimum Gasteiger partial charge on any atom is -0.455 e. The van der Waals surface area contributed by atoms with Crippen LogP contribution in [-0.2, 0) is 28.7 Å². The predicted molar refractivity (Wildman–Crippen MR) is 200 cm³/mol. The minimum atomic E-state index is -1.30. The second kappa shape index (κ2) is 16.9. The van der Waals surface area contributed by atoms with E-state index in [2.05, 4.69) is 37.2 Å². The number of carbonyl (C=O) groups excluding carboxylic acids is 4. The molecule has 0 unspecified atom stereocenters. The van der Waals surface area contributed by atoms with Gasteiger partial charge in [0.15, 0.2) is 0 Å². The first-order valence-electron chi connectivity index (χ1n) is 18.6. The fourth-order valence-electron chi connectivity index (χ4n) is 8.29. The molecule has 5 rings (SSSR count). The number of carbonyl (C=O) groups is 4. The zero-order valence-electron chi connectivity index (χ0n) is 30.9. The van der Waals surface area contributed by atoms with Crippen molar-refractivity contribution in [3.8, 4) is 0 Å². The highest BCUT2D eigenvalue weighted by Crippen LogP contribution is 2.59. The highest BCUT2D eigenvalue weighted by atomic mass is 16.6. The van der Waals surface area contributed by atoms with Crippen molar-refractivity contribution < 1.29 is 33.8 Å². The third-order valence-electron chi connectivity index (χ3n) is 10.9. The second-order valence-electron chi connectivity index (χ2n) is 14.2. The molecule has 0 aromatic heterocycles. The number of amides is 3. The number of aliphatic hydroxyl groups is 1. The number of rotatable bonds is 18. The molecule has 2 bridgehead atoms. The number of hydrogen-bond acceptors (Lipinski definition) is 8. The quantitative estimate of drug-likeness (QED) is 0.166. The molecular weight excluding hydrogens is 660 g/mol. The summed E-state index contributed by atoms with van der Waals surface area (Å²) < 4.78 is 12.9. The fourth-order valence-corrected chi connectivity index (χ4v) is 8.29. The predicted octanol–water partition coefficient (Wildman–Crippen LogP) is 4.81. The van der Waals surface area contributed by atoms with Gasteiger partial charge in [-0.25, -0.2) is 0 Å². The van der Waals surface area contributed by atoms with Gasteiger partial charge in [-0.3, -0.25) is 19.2 Å². The maximum absolute atomic E-state index is 15.0. The highest BCUT2D eigenvalue weighted by molar-refractivity contribution is 6.05. The Morgan fingerprint density at radius 1 is 1.06 bits per heavy atom. The van der Waals surface area contributed by atoms with Gasteiger partial charge >= 0.3 is 5.97 Å². The number of esters is 1. The Hall–Kier alpha value is -4.48. The molecule has 0 aliphatic carbocycles. The van der Waals surface area contributed by atoms with E-state index in [4.69, 9.17) is 9.47 Å². The Kier molecular flexibility index (Phi) is 12.6. The standard InChI is InChI=1S/C41H54N4O7/c1-7-11-17-34(47)42-25-33(28-15-13-12-14-16-28)51-40(50)35-32-22-23-41(52-32)36(35)38(48)45(31(26-46)27(5)6)37(41)39(49)44(24-8-2)30-20-18-29(19-21-30)43(9-3)10-4/h7-8,12-16,18-21,27,31-33,35-37,46H,1-2,9-11,17,22-26H2,3-6H3,(H,42,47)/t31-,32+,33+,35-,36-,37+,41-/m0/s1. The summed E-state index contributed by atoms with van der Waals surface area (Å²) in [5.74, 6) is -3.74. The molecular formula is C41H54N4O7. The molecule has 3 aliphatic heterocycles. The molecule has 2 aromatic carbocycles. The molecule has 11 heteroatoms. The summed E-state index contributed by atoms with van der Waals surface area (Å²) in [4.78, 5) is 61.9. The molecule has 3 fully saturated rings. The van der Waals surface area contributed by atoms with Crippen LogP contribution in [0.1, 0.15) is 65.0 Å². The number of likely N-dealkylation sites (tertiary alicyclic amines) is 1. The first-order valence-corrected chi connectivity index (χ1v) is 18.6. The van der Waals surface area contributed by atoms with Crippen molar-refractivity contribution in [2.45, 2.75) is 83.3 Å². The van der Waals surface area contributed by atoms with Gasteiger partial charge < -0.3 is 34.6 Å². The molecule has 0 radical (unpaired) electrons. The fraction of sp³-hybridized carbons (Fsp3) is 0.512. The highest BCUT2D eigenvalue weighted by Gasteiger charge is 2.76. The Bertz CT molecular complexity index is 1590. The number of nitrogens with one attached hydrogen (secondary N) is 1. The topological polar surface area (TPSA) is 129 Å². The zero-order chi connectivity index (χ0) is 37.6. The molecule has 52 heavy (non-hydrogen) atoms. The number of allylic oxidation sites excluding steroid dienone is 1. The molecule has 280 valence electrons. The van der Waals surface area contributed by atoms with E-state index >= 15 is 4.79 Å². The summed E-state index contributed by atoms with van der Waals surface area (Å²) in [6.45, 7) is 17.1. The van der Waals surface area contributed by atoms with E-state index in [0.29, 0.717) is 30.5 Å².